The average molecular weight is 453 g/mol. The van der Waals surface area contributed by atoms with Gasteiger partial charge in [-0.15, -0.1) is 11.8 Å². The summed E-state index contributed by atoms with van der Waals surface area (Å²) >= 11 is 1.78. The highest BCUT2D eigenvalue weighted by atomic mass is 32.2. The highest BCUT2D eigenvalue weighted by molar-refractivity contribution is 8.01. The van der Waals surface area contributed by atoms with Gasteiger partial charge in [0.1, 0.15) is 12.1 Å². The number of aliphatic imine (C=N–C) groups is 1. The molecule has 0 bridgehead atoms. The number of nitrogens with zero attached hydrogens (tertiary/aromatic N) is 1. The van der Waals surface area contributed by atoms with E-state index >= 15 is 0 Å². The molecule has 182 valence electrons. The van der Waals surface area contributed by atoms with E-state index in [-0.39, 0.29) is 24.6 Å². The van der Waals surface area contributed by atoms with Gasteiger partial charge < -0.3 is 37.6 Å². The van der Waals surface area contributed by atoms with E-state index < -0.39 is 0 Å². The molecule has 0 atom stereocenters. The van der Waals surface area contributed by atoms with Gasteiger partial charge in [0.25, 0.3) is 0 Å². The quantitative estimate of drug-likeness (QED) is 0.276. The van der Waals surface area contributed by atoms with Crippen molar-refractivity contribution in [2.24, 2.45) is 22.4 Å². The predicted molar refractivity (Wildman–Crippen MR) is 135 cm³/mol. The maximum atomic E-state index is 10.4. The molecule has 0 heterocycles. The van der Waals surface area contributed by atoms with E-state index in [4.69, 9.17) is 10.8 Å². The molecular weight excluding hydrogens is 404 g/mol. The van der Waals surface area contributed by atoms with Crippen LogP contribution in [-0.2, 0) is 4.79 Å². The molecule has 1 fully saturated rings. The first-order chi connectivity index (χ1) is 13.0. The summed E-state index contributed by atoms with van der Waals surface area (Å²) in [6.07, 6.45) is 3.80. The van der Waals surface area contributed by atoms with E-state index in [1.165, 1.54) is 25.6 Å². The smallest absolute Gasteiger partial charge is 0.135 e. The SMILES string of the molecule is C.CC(C)(C=O)SCC1CC1.CCN/C(=N\CN)c1ccccc1.CN.CO.O.O.[HH]. The van der Waals surface area contributed by atoms with E-state index in [9.17, 15) is 4.79 Å². The molecule has 0 spiro atoms. The Hall–Kier alpha value is -1.49. The van der Waals surface area contributed by atoms with Gasteiger partial charge in [0, 0.05) is 20.6 Å². The number of aldehydes is 1. The Morgan fingerprint density at radius 2 is 1.77 bits per heavy atom. The number of carbonyl (C=O) groups is 1. The topological polar surface area (TPSA) is 177 Å². The predicted octanol–water partition coefficient (Wildman–Crippen LogP) is 1.48. The van der Waals surface area contributed by atoms with Crippen LogP contribution in [0.5, 0.6) is 0 Å². The van der Waals surface area contributed by atoms with Crippen molar-refractivity contribution in [2.75, 3.05) is 33.1 Å². The Labute approximate surface area is 189 Å². The number of aliphatic hydroxyl groups excluding tert-OH is 1. The zero-order valence-corrected chi connectivity index (χ0v) is 19.3. The fourth-order valence-electron chi connectivity index (χ4n) is 1.76. The summed E-state index contributed by atoms with van der Waals surface area (Å²) < 4.78 is -0.150. The molecule has 1 aliphatic rings. The van der Waals surface area contributed by atoms with E-state index in [1.54, 1.807) is 11.8 Å². The molecule has 0 amide bonds. The van der Waals surface area contributed by atoms with Gasteiger partial charge in [-0.25, -0.2) is 0 Å². The third-order valence-corrected chi connectivity index (χ3v) is 4.79. The fraction of sp³-hybridized carbons (Fsp3) is 0.619. The molecule has 0 aromatic heterocycles. The summed E-state index contributed by atoms with van der Waals surface area (Å²) in [7, 11) is 2.50. The number of thioether (sulfide) groups is 1. The maximum Gasteiger partial charge on any atom is 0.135 e. The molecule has 8 nitrogen and oxygen atoms in total. The Balaban J connectivity index is -0.0000000792. The second-order valence-electron chi connectivity index (χ2n) is 6.06. The molecule has 30 heavy (non-hydrogen) atoms. The van der Waals surface area contributed by atoms with Gasteiger partial charge in [-0.05, 0) is 52.3 Å². The lowest BCUT2D eigenvalue weighted by Crippen LogP contribution is -2.25. The summed E-state index contributed by atoms with van der Waals surface area (Å²) in [4.78, 5) is 14.6. The lowest BCUT2D eigenvalue weighted by atomic mass is 10.2. The minimum atomic E-state index is -0.150. The number of nitrogens with two attached hydrogens (primary N) is 2. The van der Waals surface area contributed by atoms with Crippen LogP contribution in [0.1, 0.15) is 48.0 Å². The standard InChI is InChI=1S/C10H15N3.C8H14OS.CH5N.CH4O.CH4.2H2O.H2/c1-2-12-10(13-8-11)9-6-4-3-5-7-9;1-8(2,6-9)10-5-7-3-4-7;2*1-2;;;;/h3-7H,2,8,11H2,1H3,(H,12,13);6-7H,3-5H2,1-2H3;2H2,1H3;2H,1H3;1H4;2*1H2;1H. The van der Waals surface area contributed by atoms with Crippen molar-refractivity contribution in [3.05, 3.63) is 35.9 Å². The van der Waals surface area contributed by atoms with Crippen LogP contribution in [0.3, 0.4) is 0 Å². The molecule has 0 saturated heterocycles. The van der Waals surface area contributed by atoms with E-state index in [1.807, 2.05) is 51.1 Å². The zero-order valence-electron chi connectivity index (χ0n) is 18.4. The zero-order chi connectivity index (χ0) is 21.1. The normalized spacial score (nSPS) is 11.7. The van der Waals surface area contributed by atoms with Gasteiger partial charge in [-0.3, -0.25) is 4.99 Å². The Morgan fingerprint density at radius 3 is 2.13 bits per heavy atom. The van der Waals surface area contributed by atoms with Crippen LogP contribution in [0.25, 0.3) is 0 Å². The third-order valence-electron chi connectivity index (χ3n) is 3.31. The number of aliphatic hydroxyl groups is 1. The van der Waals surface area contributed by atoms with Crippen molar-refractivity contribution in [3.8, 4) is 0 Å². The van der Waals surface area contributed by atoms with Crippen LogP contribution in [0, 0.1) is 5.92 Å². The van der Waals surface area contributed by atoms with Gasteiger partial charge in [0.15, 0.2) is 0 Å². The first-order valence-corrected chi connectivity index (χ1v) is 10.2. The Kier molecular flexibility index (Phi) is 33.2. The number of rotatable bonds is 7. The second-order valence-corrected chi connectivity index (χ2v) is 7.74. The molecule has 2 rings (SSSR count). The summed E-state index contributed by atoms with van der Waals surface area (Å²) in [5, 5.41) is 10.2. The molecule has 0 unspecified atom stereocenters. The van der Waals surface area contributed by atoms with Crippen LogP contribution in [0.2, 0.25) is 0 Å². The van der Waals surface area contributed by atoms with Crippen LogP contribution >= 0.6 is 11.8 Å². The largest absolute Gasteiger partial charge is 0.412 e. The van der Waals surface area contributed by atoms with Crippen molar-refractivity contribution in [3.63, 3.8) is 0 Å². The van der Waals surface area contributed by atoms with Crippen molar-refractivity contribution in [2.45, 2.75) is 45.8 Å². The summed E-state index contributed by atoms with van der Waals surface area (Å²) in [5.74, 6) is 2.96. The molecule has 1 saturated carbocycles. The first-order valence-electron chi connectivity index (χ1n) is 9.19. The van der Waals surface area contributed by atoms with Gasteiger partial charge in [0.05, 0.1) is 11.4 Å². The molecule has 1 aliphatic carbocycles. The summed E-state index contributed by atoms with van der Waals surface area (Å²) in [6.45, 7) is 7.17. The maximum absolute atomic E-state index is 10.4. The average Bonchev–Trinajstić information content (AvgIpc) is 3.55. The monoisotopic (exact) mass is 452 g/mol. The summed E-state index contributed by atoms with van der Waals surface area (Å²) in [5.41, 5.74) is 10.9. The lowest BCUT2D eigenvalue weighted by molar-refractivity contribution is -0.109. The lowest BCUT2D eigenvalue weighted by Gasteiger charge is -2.14. The van der Waals surface area contributed by atoms with Gasteiger partial charge >= 0.3 is 0 Å². The van der Waals surface area contributed by atoms with E-state index in [0.29, 0.717) is 6.67 Å². The second kappa shape index (κ2) is 25.5. The number of hydrogen-bond donors (Lipinski definition) is 4. The molecule has 0 radical (unpaired) electrons. The van der Waals surface area contributed by atoms with Crippen molar-refractivity contribution >= 4 is 23.9 Å². The van der Waals surface area contributed by atoms with Crippen LogP contribution < -0.4 is 16.8 Å². The fourth-order valence-corrected chi connectivity index (χ4v) is 2.82. The minimum Gasteiger partial charge on any atom is -0.412 e. The van der Waals surface area contributed by atoms with Gasteiger partial charge in [0.2, 0.25) is 0 Å². The molecule has 10 N–H and O–H groups in total. The van der Waals surface area contributed by atoms with E-state index in [2.05, 4.69) is 16.0 Å². The number of amidine groups is 1. The number of carbonyl (C=O) groups excluding carboxylic acids is 1. The van der Waals surface area contributed by atoms with Crippen molar-refractivity contribution < 1.29 is 22.3 Å². The first kappa shape index (κ1) is 39.0. The van der Waals surface area contributed by atoms with Crippen LogP contribution in [-0.4, -0.2) is 66.1 Å². The van der Waals surface area contributed by atoms with Crippen LogP contribution in [0.4, 0.5) is 0 Å². The third kappa shape index (κ3) is 21.2. The van der Waals surface area contributed by atoms with Crippen LogP contribution in [0.15, 0.2) is 35.3 Å². The summed E-state index contributed by atoms with van der Waals surface area (Å²) in [6, 6.07) is 9.97. The molecule has 1 aromatic rings. The molecular formula is C21H48N4O4S. The van der Waals surface area contributed by atoms with E-state index in [0.717, 1.165) is 37.3 Å². The Bertz CT molecular complexity index is 505. The van der Waals surface area contributed by atoms with Gasteiger partial charge in [-0.2, -0.15) is 0 Å². The minimum absolute atomic E-state index is 0. The number of benzene rings is 1. The number of hydrogen-bond acceptors (Lipinski definition) is 6. The van der Waals surface area contributed by atoms with Crippen molar-refractivity contribution in [1.29, 1.82) is 0 Å². The molecule has 1 aromatic carbocycles. The van der Waals surface area contributed by atoms with Crippen molar-refractivity contribution in [1.82, 2.24) is 5.32 Å². The molecule has 9 heteroatoms. The van der Waals surface area contributed by atoms with Gasteiger partial charge in [-0.1, -0.05) is 37.8 Å². The number of nitrogens with one attached hydrogen (secondary N) is 1. The Morgan fingerprint density at radius 1 is 1.27 bits per heavy atom. The highest BCUT2D eigenvalue weighted by Crippen LogP contribution is 2.36. The molecule has 0 aliphatic heterocycles. The highest BCUT2D eigenvalue weighted by Gasteiger charge is 2.25.